The van der Waals surface area contributed by atoms with Crippen molar-refractivity contribution in [3.63, 3.8) is 0 Å². The molecule has 0 aliphatic heterocycles. The average Bonchev–Trinajstić information content (AvgIpc) is 2.81. The zero-order valence-electron chi connectivity index (χ0n) is 11.8. The second-order valence-electron chi connectivity index (χ2n) is 4.33. The Morgan fingerprint density at radius 2 is 2.25 bits per heavy atom. The van der Waals surface area contributed by atoms with Gasteiger partial charge in [-0.25, -0.2) is 0 Å². The standard InChI is InChI=1S/C14H18ClN3O2/c1-16-12(14-13(19-3)8-17-18(14)2)9-20-11-6-4-5-10(15)7-11/h4-8,12,16H,9H2,1-3H3. The predicted octanol–water partition coefficient (Wildman–Crippen LogP) is 2.42. The molecular weight excluding hydrogens is 278 g/mol. The minimum absolute atomic E-state index is 0.0311. The molecule has 6 heteroatoms. The average molecular weight is 296 g/mol. The second-order valence-corrected chi connectivity index (χ2v) is 4.77. The molecule has 5 nitrogen and oxygen atoms in total. The van der Waals surface area contributed by atoms with Gasteiger partial charge in [0.05, 0.1) is 19.3 Å². The number of halogens is 1. The Hall–Kier alpha value is -1.72. The molecular formula is C14H18ClN3O2. The summed E-state index contributed by atoms with van der Waals surface area (Å²) in [4.78, 5) is 0. The van der Waals surface area contributed by atoms with Crippen LogP contribution in [-0.4, -0.2) is 30.5 Å². The monoisotopic (exact) mass is 295 g/mol. The summed E-state index contributed by atoms with van der Waals surface area (Å²) in [6.45, 7) is 0.451. The van der Waals surface area contributed by atoms with Crippen molar-refractivity contribution in [3.8, 4) is 11.5 Å². The van der Waals surface area contributed by atoms with Crippen molar-refractivity contribution in [2.24, 2.45) is 7.05 Å². The maximum absolute atomic E-state index is 5.94. The molecule has 0 spiro atoms. The number of aryl methyl sites for hydroxylation is 1. The van der Waals surface area contributed by atoms with Crippen LogP contribution in [0.25, 0.3) is 0 Å². The Kier molecular flexibility index (Phi) is 4.87. The first kappa shape index (κ1) is 14.7. The molecule has 1 aromatic heterocycles. The molecule has 1 aromatic carbocycles. The fourth-order valence-electron chi connectivity index (χ4n) is 2.02. The summed E-state index contributed by atoms with van der Waals surface area (Å²) in [5, 5.41) is 8.06. The quantitative estimate of drug-likeness (QED) is 0.889. The minimum atomic E-state index is -0.0311. The van der Waals surface area contributed by atoms with Gasteiger partial charge >= 0.3 is 0 Å². The molecule has 0 amide bonds. The minimum Gasteiger partial charge on any atom is -0.493 e. The van der Waals surface area contributed by atoms with Crippen molar-refractivity contribution >= 4 is 11.6 Å². The van der Waals surface area contributed by atoms with Gasteiger partial charge in [-0.15, -0.1) is 0 Å². The Bertz CT molecular complexity index is 571. The van der Waals surface area contributed by atoms with E-state index in [9.17, 15) is 0 Å². The largest absolute Gasteiger partial charge is 0.493 e. The van der Waals surface area contributed by atoms with Gasteiger partial charge in [-0.1, -0.05) is 17.7 Å². The van der Waals surface area contributed by atoms with Crippen molar-refractivity contribution in [1.82, 2.24) is 15.1 Å². The fraction of sp³-hybridized carbons (Fsp3) is 0.357. The summed E-state index contributed by atoms with van der Waals surface area (Å²) >= 11 is 5.94. The van der Waals surface area contributed by atoms with Crippen LogP contribution in [0.5, 0.6) is 11.5 Å². The van der Waals surface area contributed by atoms with Gasteiger partial charge in [0.2, 0.25) is 0 Å². The molecule has 1 atom stereocenters. The maximum atomic E-state index is 5.94. The van der Waals surface area contributed by atoms with Crippen LogP contribution in [0, 0.1) is 0 Å². The van der Waals surface area contributed by atoms with Crippen molar-refractivity contribution < 1.29 is 9.47 Å². The van der Waals surface area contributed by atoms with E-state index in [2.05, 4.69) is 10.4 Å². The number of nitrogens with zero attached hydrogens (tertiary/aromatic N) is 2. The van der Waals surface area contributed by atoms with E-state index >= 15 is 0 Å². The number of hydrogen-bond acceptors (Lipinski definition) is 4. The zero-order chi connectivity index (χ0) is 14.5. The van der Waals surface area contributed by atoms with Gasteiger partial charge in [0, 0.05) is 12.1 Å². The number of rotatable bonds is 6. The number of aromatic nitrogens is 2. The third kappa shape index (κ3) is 3.23. The highest BCUT2D eigenvalue weighted by molar-refractivity contribution is 6.30. The molecule has 20 heavy (non-hydrogen) atoms. The number of benzene rings is 1. The Labute approximate surface area is 123 Å². The predicted molar refractivity (Wildman–Crippen MR) is 78.5 cm³/mol. The molecule has 1 unspecified atom stereocenters. The molecule has 108 valence electrons. The van der Waals surface area contributed by atoms with E-state index in [4.69, 9.17) is 21.1 Å². The first-order chi connectivity index (χ1) is 9.65. The third-order valence-electron chi connectivity index (χ3n) is 3.06. The number of nitrogens with one attached hydrogen (secondary N) is 1. The molecule has 0 radical (unpaired) electrons. The van der Waals surface area contributed by atoms with Crippen molar-refractivity contribution in [1.29, 1.82) is 0 Å². The number of likely N-dealkylation sites (N-methyl/N-ethyl adjacent to an activating group) is 1. The van der Waals surface area contributed by atoms with Crippen LogP contribution in [0.4, 0.5) is 0 Å². The molecule has 0 aliphatic carbocycles. The van der Waals surface area contributed by atoms with E-state index in [1.54, 1.807) is 24.1 Å². The van der Waals surface area contributed by atoms with E-state index < -0.39 is 0 Å². The van der Waals surface area contributed by atoms with E-state index in [-0.39, 0.29) is 6.04 Å². The lowest BCUT2D eigenvalue weighted by molar-refractivity contribution is 0.262. The smallest absolute Gasteiger partial charge is 0.161 e. The van der Waals surface area contributed by atoms with Gasteiger partial charge in [0.1, 0.15) is 18.1 Å². The summed E-state index contributed by atoms with van der Waals surface area (Å²) < 4.78 is 12.9. The van der Waals surface area contributed by atoms with Crippen LogP contribution in [0.3, 0.4) is 0 Å². The first-order valence-electron chi connectivity index (χ1n) is 6.27. The molecule has 0 saturated heterocycles. The molecule has 0 bridgehead atoms. The van der Waals surface area contributed by atoms with E-state index in [0.717, 1.165) is 17.2 Å². The van der Waals surface area contributed by atoms with Crippen LogP contribution >= 0.6 is 11.6 Å². The highest BCUT2D eigenvalue weighted by atomic mass is 35.5. The SMILES string of the molecule is CNC(COc1cccc(Cl)c1)c1c(OC)cnn1C. The van der Waals surface area contributed by atoms with Crippen molar-refractivity contribution in [3.05, 3.63) is 41.2 Å². The summed E-state index contributed by atoms with van der Waals surface area (Å²) in [5.41, 5.74) is 0.942. The molecule has 1 heterocycles. The second kappa shape index (κ2) is 6.63. The zero-order valence-corrected chi connectivity index (χ0v) is 12.5. The van der Waals surface area contributed by atoms with Crippen LogP contribution in [0.2, 0.25) is 5.02 Å². The summed E-state index contributed by atoms with van der Waals surface area (Å²) in [6.07, 6.45) is 1.69. The molecule has 0 aliphatic rings. The van der Waals surface area contributed by atoms with Crippen LogP contribution in [0.1, 0.15) is 11.7 Å². The first-order valence-corrected chi connectivity index (χ1v) is 6.65. The summed E-state index contributed by atoms with van der Waals surface area (Å²) in [6, 6.07) is 7.30. The maximum Gasteiger partial charge on any atom is 0.161 e. The van der Waals surface area contributed by atoms with E-state index in [1.807, 2.05) is 32.3 Å². The van der Waals surface area contributed by atoms with E-state index in [0.29, 0.717) is 11.6 Å². The molecule has 2 rings (SSSR count). The molecule has 0 saturated carbocycles. The Balaban J connectivity index is 2.11. The highest BCUT2D eigenvalue weighted by Gasteiger charge is 2.20. The molecule has 2 aromatic rings. The molecule has 1 N–H and O–H groups in total. The topological polar surface area (TPSA) is 48.3 Å². The van der Waals surface area contributed by atoms with Crippen LogP contribution in [0.15, 0.2) is 30.5 Å². The lowest BCUT2D eigenvalue weighted by atomic mass is 10.2. The highest BCUT2D eigenvalue weighted by Crippen LogP contribution is 2.25. The van der Waals surface area contributed by atoms with Gasteiger partial charge in [-0.2, -0.15) is 5.10 Å². The fourth-order valence-corrected chi connectivity index (χ4v) is 2.20. The lowest BCUT2D eigenvalue weighted by Gasteiger charge is -2.18. The van der Waals surface area contributed by atoms with Gasteiger partial charge in [0.15, 0.2) is 5.75 Å². The van der Waals surface area contributed by atoms with Gasteiger partial charge in [0.25, 0.3) is 0 Å². The third-order valence-corrected chi connectivity index (χ3v) is 3.30. The van der Waals surface area contributed by atoms with Gasteiger partial charge < -0.3 is 14.8 Å². The lowest BCUT2D eigenvalue weighted by Crippen LogP contribution is -2.26. The summed E-state index contributed by atoms with van der Waals surface area (Å²) in [5.74, 6) is 1.47. The number of methoxy groups -OCH3 is 1. The van der Waals surface area contributed by atoms with Crippen molar-refractivity contribution in [2.75, 3.05) is 20.8 Å². The number of ether oxygens (including phenoxy) is 2. The Morgan fingerprint density at radius 1 is 1.45 bits per heavy atom. The Morgan fingerprint density at radius 3 is 2.90 bits per heavy atom. The molecule has 0 fully saturated rings. The van der Waals surface area contributed by atoms with Crippen molar-refractivity contribution in [2.45, 2.75) is 6.04 Å². The van der Waals surface area contributed by atoms with Crippen LogP contribution in [-0.2, 0) is 7.05 Å². The summed E-state index contributed by atoms with van der Waals surface area (Å²) in [7, 11) is 5.38. The van der Waals surface area contributed by atoms with Crippen LogP contribution < -0.4 is 14.8 Å². The normalized spacial score (nSPS) is 12.2. The van der Waals surface area contributed by atoms with Gasteiger partial charge in [-0.05, 0) is 25.2 Å². The number of hydrogen-bond donors (Lipinski definition) is 1. The van der Waals surface area contributed by atoms with E-state index in [1.165, 1.54) is 0 Å². The van der Waals surface area contributed by atoms with Gasteiger partial charge in [-0.3, -0.25) is 4.68 Å².